The maximum Gasteiger partial charge on any atom is 0.258 e. The first-order valence-electron chi connectivity index (χ1n) is 5.61. The average Bonchev–Trinajstić information content (AvgIpc) is 2.38. The van der Waals surface area contributed by atoms with Crippen LogP contribution < -0.4 is 10.1 Å². The number of hydrogen-bond donors (Lipinski definition) is 1. The number of methoxy groups -OCH3 is 1. The van der Waals surface area contributed by atoms with Crippen molar-refractivity contribution in [2.24, 2.45) is 0 Å². The minimum atomic E-state index is -0.661. The normalized spacial score (nSPS) is 10.2. The molecule has 0 radical (unpaired) electrons. The van der Waals surface area contributed by atoms with E-state index in [1.165, 1.54) is 31.4 Å². The second-order valence-electron chi connectivity index (χ2n) is 3.93. The average molecular weight is 342 g/mol. The minimum Gasteiger partial charge on any atom is -0.494 e. The Balaban J connectivity index is 2.21. The summed E-state index contributed by atoms with van der Waals surface area (Å²) in [5.74, 6) is -1.86. The van der Waals surface area contributed by atoms with Crippen LogP contribution in [0.1, 0.15) is 10.4 Å². The number of carbonyl (C=O) groups excluding carboxylic acids is 1. The molecule has 0 atom stereocenters. The Kier molecular flexibility index (Phi) is 4.34. The number of amides is 1. The molecule has 0 aliphatic carbocycles. The summed E-state index contributed by atoms with van der Waals surface area (Å²) < 4.78 is 32.4. The zero-order chi connectivity index (χ0) is 14.7. The standard InChI is InChI=1S/C14H10BrF2NO2/c1-20-13-5-3-9(7-12(13)17)18-14(19)10-4-2-8(15)6-11(10)16/h2-7H,1H3,(H,18,19). The van der Waals surface area contributed by atoms with Crippen LogP contribution in [0.25, 0.3) is 0 Å². The number of halogens is 3. The summed E-state index contributed by atoms with van der Waals surface area (Å²) in [6, 6.07) is 8.03. The van der Waals surface area contributed by atoms with E-state index in [-0.39, 0.29) is 17.0 Å². The molecule has 0 unspecified atom stereocenters. The Morgan fingerprint density at radius 2 is 1.90 bits per heavy atom. The quantitative estimate of drug-likeness (QED) is 0.916. The third-order valence-corrected chi connectivity index (χ3v) is 3.08. The van der Waals surface area contributed by atoms with Gasteiger partial charge in [0.1, 0.15) is 5.82 Å². The van der Waals surface area contributed by atoms with E-state index in [0.717, 1.165) is 6.07 Å². The third-order valence-electron chi connectivity index (χ3n) is 2.59. The molecule has 0 saturated carbocycles. The summed E-state index contributed by atoms with van der Waals surface area (Å²) in [5, 5.41) is 2.42. The molecule has 0 bridgehead atoms. The fourth-order valence-corrected chi connectivity index (χ4v) is 1.95. The smallest absolute Gasteiger partial charge is 0.258 e. The number of carbonyl (C=O) groups is 1. The molecule has 1 N–H and O–H groups in total. The molecule has 0 aliphatic rings. The van der Waals surface area contributed by atoms with E-state index >= 15 is 0 Å². The van der Waals surface area contributed by atoms with Crippen molar-refractivity contribution in [3.8, 4) is 5.75 Å². The number of ether oxygens (including phenoxy) is 1. The Morgan fingerprint density at radius 1 is 1.15 bits per heavy atom. The first-order valence-corrected chi connectivity index (χ1v) is 6.40. The van der Waals surface area contributed by atoms with E-state index in [4.69, 9.17) is 4.74 Å². The van der Waals surface area contributed by atoms with E-state index < -0.39 is 17.5 Å². The van der Waals surface area contributed by atoms with Crippen molar-refractivity contribution in [1.82, 2.24) is 0 Å². The van der Waals surface area contributed by atoms with Crippen LogP contribution in [0.3, 0.4) is 0 Å². The van der Waals surface area contributed by atoms with Crippen molar-refractivity contribution in [2.75, 3.05) is 12.4 Å². The van der Waals surface area contributed by atoms with Gasteiger partial charge in [-0.1, -0.05) is 15.9 Å². The van der Waals surface area contributed by atoms with Gasteiger partial charge >= 0.3 is 0 Å². The lowest BCUT2D eigenvalue weighted by atomic mass is 10.2. The SMILES string of the molecule is COc1ccc(NC(=O)c2ccc(Br)cc2F)cc1F. The predicted molar refractivity (Wildman–Crippen MR) is 75.0 cm³/mol. The number of benzene rings is 2. The van der Waals surface area contributed by atoms with Crippen LogP contribution in [0.15, 0.2) is 40.9 Å². The Morgan fingerprint density at radius 3 is 2.50 bits per heavy atom. The van der Waals surface area contributed by atoms with Gasteiger partial charge in [0.25, 0.3) is 5.91 Å². The van der Waals surface area contributed by atoms with Gasteiger partial charge < -0.3 is 10.1 Å². The van der Waals surface area contributed by atoms with E-state index in [1.54, 1.807) is 6.07 Å². The lowest BCUT2D eigenvalue weighted by Crippen LogP contribution is -2.13. The fourth-order valence-electron chi connectivity index (χ4n) is 1.62. The largest absolute Gasteiger partial charge is 0.494 e. The van der Waals surface area contributed by atoms with Crippen molar-refractivity contribution < 1.29 is 18.3 Å². The first-order chi connectivity index (χ1) is 9.51. The molecular weight excluding hydrogens is 332 g/mol. The predicted octanol–water partition coefficient (Wildman–Crippen LogP) is 3.99. The number of hydrogen-bond acceptors (Lipinski definition) is 2. The fraction of sp³-hybridized carbons (Fsp3) is 0.0714. The van der Waals surface area contributed by atoms with Gasteiger partial charge in [-0.25, -0.2) is 8.78 Å². The lowest BCUT2D eigenvalue weighted by Gasteiger charge is -2.08. The summed E-state index contributed by atoms with van der Waals surface area (Å²) in [7, 11) is 1.34. The molecule has 104 valence electrons. The van der Waals surface area contributed by atoms with Gasteiger partial charge in [-0.05, 0) is 30.3 Å². The highest BCUT2D eigenvalue weighted by atomic mass is 79.9. The van der Waals surface area contributed by atoms with Crippen LogP contribution in [-0.4, -0.2) is 13.0 Å². The zero-order valence-corrected chi connectivity index (χ0v) is 12.0. The van der Waals surface area contributed by atoms with Gasteiger partial charge in [0.2, 0.25) is 0 Å². The number of rotatable bonds is 3. The first kappa shape index (κ1) is 14.5. The highest BCUT2D eigenvalue weighted by Crippen LogP contribution is 2.22. The van der Waals surface area contributed by atoms with E-state index in [9.17, 15) is 13.6 Å². The van der Waals surface area contributed by atoms with Crippen LogP contribution in [0.2, 0.25) is 0 Å². The molecule has 0 spiro atoms. The lowest BCUT2D eigenvalue weighted by molar-refractivity contribution is 0.102. The molecule has 1 amide bonds. The molecule has 2 aromatic rings. The van der Waals surface area contributed by atoms with Crippen molar-refractivity contribution in [3.63, 3.8) is 0 Å². The monoisotopic (exact) mass is 341 g/mol. The van der Waals surface area contributed by atoms with Crippen molar-refractivity contribution >= 4 is 27.5 Å². The van der Waals surface area contributed by atoms with E-state index in [2.05, 4.69) is 21.2 Å². The number of nitrogens with one attached hydrogen (secondary N) is 1. The van der Waals surface area contributed by atoms with Crippen molar-refractivity contribution in [2.45, 2.75) is 0 Å². The topological polar surface area (TPSA) is 38.3 Å². The summed E-state index contributed by atoms with van der Waals surface area (Å²) in [6.07, 6.45) is 0. The molecule has 0 aliphatic heterocycles. The van der Waals surface area contributed by atoms with Crippen molar-refractivity contribution in [1.29, 1.82) is 0 Å². The van der Waals surface area contributed by atoms with Gasteiger partial charge in [-0.15, -0.1) is 0 Å². The second kappa shape index (κ2) is 6.00. The van der Waals surface area contributed by atoms with Crippen LogP contribution in [0.5, 0.6) is 5.75 Å². The highest BCUT2D eigenvalue weighted by Gasteiger charge is 2.13. The Labute approximate surface area is 122 Å². The maximum absolute atomic E-state index is 13.6. The summed E-state index contributed by atoms with van der Waals surface area (Å²) in [6.45, 7) is 0. The Bertz CT molecular complexity index is 662. The van der Waals surface area contributed by atoms with E-state index in [1.807, 2.05) is 0 Å². The molecular formula is C14H10BrF2NO2. The maximum atomic E-state index is 13.6. The Hall–Kier alpha value is -1.95. The van der Waals surface area contributed by atoms with Crippen LogP contribution in [-0.2, 0) is 0 Å². The van der Waals surface area contributed by atoms with Gasteiger partial charge in [-0.2, -0.15) is 0 Å². The second-order valence-corrected chi connectivity index (χ2v) is 4.84. The summed E-state index contributed by atoms with van der Waals surface area (Å²) in [5.41, 5.74) is 0.0973. The van der Waals surface area contributed by atoms with Gasteiger partial charge in [0, 0.05) is 16.2 Å². The molecule has 0 fully saturated rings. The summed E-state index contributed by atoms with van der Waals surface area (Å²) >= 11 is 3.10. The summed E-state index contributed by atoms with van der Waals surface area (Å²) in [4.78, 5) is 11.9. The number of anilines is 1. The van der Waals surface area contributed by atoms with Gasteiger partial charge in [0.05, 0.1) is 12.7 Å². The molecule has 2 aromatic carbocycles. The van der Waals surface area contributed by atoms with Crippen LogP contribution >= 0.6 is 15.9 Å². The van der Waals surface area contributed by atoms with Gasteiger partial charge in [0.15, 0.2) is 11.6 Å². The van der Waals surface area contributed by atoms with Crippen molar-refractivity contribution in [3.05, 3.63) is 58.1 Å². The zero-order valence-electron chi connectivity index (χ0n) is 10.4. The molecule has 2 rings (SSSR count). The molecule has 3 nitrogen and oxygen atoms in total. The van der Waals surface area contributed by atoms with E-state index in [0.29, 0.717) is 4.47 Å². The minimum absolute atomic E-state index is 0.0674. The molecule has 20 heavy (non-hydrogen) atoms. The van der Waals surface area contributed by atoms with Crippen LogP contribution in [0, 0.1) is 11.6 Å². The molecule has 0 aromatic heterocycles. The molecule has 0 heterocycles. The highest BCUT2D eigenvalue weighted by molar-refractivity contribution is 9.10. The third kappa shape index (κ3) is 3.14. The molecule has 6 heteroatoms. The van der Waals surface area contributed by atoms with Gasteiger partial charge in [-0.3, -0.25) is 4.79 Å². The molecule has 0 saturated heterocycles. The van der Waals surface area contributed by atoms with Crippen LogP contribution in [0.4, 0.5) is 14.5 Å².